The summed E-state index contributed by atoms with van der Waals surface area (Å²) in [5, 5.41) is 17.5. The summed E-state index contributed by atoms with van der Waals surface area (Å²) in [5.74, 6) is 1.66. The third kappa shape index (κ3) is 4.89. The van der Waals surface area contributed by atoms with Crippen molar-refractivity contribution in [2.75, 3.05) is 12.3 Å². The minimum Gasteiger partial charge on any atom is -0.457 e. The van der Waals surface area contributed by atoms with Crippen LogP contribution in [-0.4, -0.2) is 32.5 Å². The number of hydrogen-bond donors (Lipinski definition) is 2. The van der Waals surface area contributed by atoms with Gasteiger partial charge in [-0.2, -0.15) is 10.4 Å². The number of amides is 1. The largest absolute Gasteiger partial charge is 0.457 e. The van der Waals surface area contributed by atoms with Gasteiger partial charge in [-0.15, -0.1) is 0 Å². The molecule has 3 N–H and O–H groups in total. The van der Waals surface area contributed by atoms with Crippen LogP contribution in [0, 0.1) is 17.2 Å². The zero-order valence-electron chi connectivity index (χ0n) is 20.8. The van der Waals surface area contributed by atoms with E-state index in [-0.39, 0.29) is 23.4 Å². The Bertz CT molecular complexity index is 1500. The molecule has 0 saturated carbocycles. The lowest BCUT2D eigenvalue weighted by Gasteiger charge is -2.25. The molecular formula is C29H28N6O2. The number of fused-ring (bicyclic) bond motifs is 1. The number of nitrogens with two attached hydrogens (primary N) is 1. The van der Waals surface area contributed by atoms with Gasteiger partial charge in [-0.1, -0.05) is 38.1 Å². The van der Waals surface area contributed by atoms with Gasteiger partial charge >= 0.3 is 0 Å². The third-order valence-corrected chi connectivity index (χ3v) is 6.40. The van der Waals surface area contributed by atoms with E-state index in [1.54, 1.807) is 11.0 Å². The molecule has 0 spiro atoms. The summed E-state index contributed by atoms with van der Waals surface area (Å²) in [6.45, 7) is 4.48. The quantitative estimate of drug-likeness (QED) is 0.260. The van der Waals surface area contributed by atoms with Gasteiger partial charge in [0.2, 0.25) is 0 Å². The number of carbonyl (C=O) groups is 1. The lowest BCUT2D eigenvalue weighted by molar-refractivity contribution is -0.127. The van der Waals surface area contributed by atoms with Crippen LogP contribution in [0.2, 0.25) is 0 Å². The van der Waals surface area contributed by atoms with Gasteiger partial charge in [-0.05, 0) is 61.2 Å². The van der Waals surface area contributed by atoms with E-state index in [2.05, 4.69) is 16.3 Å². The lowest BCUT2D eigenvalue weighted by Crippen LogP contribution is -2.32. The SMILES string of the molecule is CC(C)/C=C(/C#N)C(=O)N1CCC[C@H]1c1cc2[nH]nc(N)c2c(-c2ccc(Oc3ccccc3)cc2)n1. The number of anilines is 1. The van der Waals surface area contributed by atoms with Gasteiger partial charge in [0.05, 0.1) is 28.3 Å². The number of nitrogens with one attached hydrogen (secondary N) is 1. The van der Waals surface area contributed by atoms with Gasteiger partial charge in [-0.3, -0.25) is 9.89 Å². The van der Waals surface area contributed by atoms with Crippen LogP contribution in [-0.2, 0) is 4.79 Å². The number of H-pyrrole nitrogens is 1. The van der Waals surface area contributed by atoms with Gasteiger partial charge in [0.25, 0.3) is 5.91 Å². The standard InChI is InChI=1S/C29H28N6O2/c1-18(2)15-20(17-30)29(36)35-14-6-9-25(35)23-16-24-26(28(31)34-33-24)27(32-23)19-10-12-22(13-11-19)37-21-7-4-3-5-8-21/h3-5,7-8,10-13,15-16,18,25H,6,9,14H2,1-2H3,(H3,31,33,34)/b20-15-/t25-/m0/s1. The minimum absolute atomic E-state index is 0.0996. The van der Waals surface area contributed by atoms with Crippen LogP contribution in [0.15, 0.2) is 72.3 Å². The number of hydrogen-bond acceptors (Lipinski definition) is 6. The number of benzene rings is 2. The highest BCUT2D eigenvalue weighted by Crippen LogP contribution is 2.38. The molecule has 1 atom stereocenters. The number of nitrogens with zero attached hydrogens (tertiary/aromatic N) is 4. The summed E-state index contributed by atoms with van der Waals surface area (Å²) in [5.41, 5.74) is 9.41. The number of ether oxygens (including phenoxy) is 1. The zero-order valence-corrected chi connectivity index (χ0v) is 20.8. The van der Waals surface area contributed by atoms with Crippen LogP contribution in [0.4, 0.5) is 5.82 Å². The second kappa shape index (κ2) is 10.2. The molecule has 1 aliphatic rings. The molecule has 4 aromatic rings. The number of aromatic amines is 1. The van der Waals surface area contributed by atoms with E-state index in [0.717, 1.165) is 40.8 Å². The first-order chi connectivity index (χ1) is 17.9. The van der Waals surface area contributed by atoms with Gasteiger partial charge in [0.15, 0.2) is 5.82 Å². The summed E-state index contributed by atoms with van der Waals surface area (Å²) >= 11 is 0. The summed E-state index contributed by atoms with van der Waals surface area (Å²) in [4.78, 5) is 20.0. The highest BCUT2D eigenvalue weighted by molar-refractivity contribution is 6.00. The first-order valence-corrected chi connectivity index (χ1v) is 12.4. The summed E-state index contributed by atoms with van der Waals surface area (Å²) in [7, 11) is 0. The van der Waals surface area contributed by atoms with E-state index in [1.165, 1.54) is 0 Å². The maximum atomic E-state index is 13.3. The monoisotopic (exact) mass is 492 g/mol. The highest BCUT2D eigenvalue weighted by atomic mass is 16.5. The molecule has 0 radical (unpaired) electrons. The number of allylic oxidation sites excluding steroid dienone is 1. The average molecular weight is 493 g/mol. The highest BCUT2D eigenvalue weighted by Gasteiger charge is 2.33. The molecule has 0 aliphatic carbocycles. The van der Waals surface area contributed by atoms with Crippen molar-refractivity contribution in [1.82, 2.24) is 20.1 Å². The normalized spacial score (nSPS) is 15.8. The van der Waals surface area contributed by atoms with Gasteiger partial charge in [0.1, 0.15) is 23.1 Å². The Hall–Kier alpha value is -4.64. The minimum atomic E-state index is -0.256. The van der Waals surface area contributed by atoms with E-state index in [9.17, 15) is 10.1 Å². The molecule has 37 heavy (non-hydrogen) atoms. The number of likely N-dealkylation sites (tertiary alicyclic amines) is 1. The number of nitriles is 1. The Balaban J connectivity index is 1.51. The molecule has 1 fully saturated rings. The smallest absolute Gasteiger partial charge is 0.264 e. The van der Waals surface area contributed by atoms with Crippen molar-refractivity contribution in [1.29, 1.82) is 5.26 Å². The lowest BCUT2D eigenvalue weighted by atomic mass is 10.0. The van der Waals surface area contributed by atoms with Crippen LogP contribution in [0.1, 0.15) is 38.4 Å². The second-order valence-electron chi connectivity index (χ2n) is 9.46. The molecule has 0 bridgehead atoms. The molecular weight excluding hydrogens is 464 g/mol. The summed E-state index contributed by atoms with van der Waals surface area (Å²) in [6.07, 6.45) is 3.31. The Kier molecular flexibility index (Phi) is 6.60. The summed E-state index contributed by atoms with van der Waals surface area (Å²) < 4.78 is 5.93. The Morgan fingerprint density at radius 1 is 1.19 bits per heavy atom. The molecule has 1 amide bonds. The second-order valence-corrected chi connectivity index (χ2v) is 9.46. The van der Waals surface area contributed by atoms with Crippen molar-refractivity contribution in [3.8, 4) is 28.8 Å². The van der Waals surface area contributed by atoms with E-state index in [0.29, 0.717) is 23.8 Å². The fraction of sp³-hybridized carbons (Fsp3) is 0.241. The molecule has 1 aliphatic heterocycles. The number of aromatic nitrogens is 3. The molecule has 8 nitrogen and oxygen atoms in total. The van der Waals surface area contributed by atoms with Crippen molar-refractivity contribution in [2.24, 2.45) is 5.92 Å². The number of carbonyl (C=O) groups excluding carboxylic acids is 1. The van der Waals surface area contributed by atoms with E-state index in [4.69, 9.17) is 15.5 Å². The van der Waals surface area contributed by atoms with Crippen molar-refractivity contribution < 1.29 is 9.53 Å². The topological polar surface area (TPSA) is 121 Å². The van der Waals surface area contributed by atoms with Crippen LogP contribution in [0.3, 0.4) is 0 Å². The number of para-hydroxylation sites is 1. The Morgan fingerprint density at radius 3 is 2.62 bits per heavy atom. The van der Waals surface area contributed by atoms with Gasteiger partial charge in [-0.25, -0.2) is 4.98 Å². The van der Waals surface area contributed by atoms with Crippen LogP contribution >= 0.6 is 0 Å². The zero-order chi connectivity index (χ0) is 25.9. The van der Waals surface area contributed by atoms with Crippen LogP contribution in [0.5, 0.6) is 11.5 Å². The van der Waals surface area contributed by atoms with Gasteiger partial charge in [0, 0.05) is 12.1 Å². The molecule has 2 aromatic carbocycles. The first kappa shape index (κ1) is 24.1. The maximum absolute atomic E-state index is 13.3. The molecule has 3 heterocycles. The molecule has 1 saturated heterocycles. The van der Waals surface area contributed by atoms with Crippen molar-refractivity contribution in [2.45, 2.75) is 32.7 Å². The Labute approximate surface area is 215 Å². The van der Waals surface area contributed by atoms with Crippen molar-refractivity contribution >= 4 is 22.6 Å². The van der Waals surface area contributed by atoms with E-state index >= 15 is 0 Å². The number of nitrogen functional groups attached to an aromatic ring is 1. The fourth-order valence-corrected chi connectivity index (χ4v) is 4.74. The van der Waals surface area contributed by atoms with E-state index in [1.807, 2.05) is 74.5 Å². The maximum Gasteiger partial charge on any atom is 0.264 e. The predicted molar refractivity (Wildman–Crippen MR) is 142 cm³/mol. The molecule has 186 valence electrons. The fourth-order valence-electron chi connectivity index (χ4n) is 4.74. The third-order valence-electron chi connectivity index (χ3n) is 6.40. The molecule has 2 aromatic heterocycles. The molecule has 8 heteroatoms. The van der Waals surface area contributed by atoms with Crippen molar-refractivity contribution in [3.63, 3.8) is 0 Å². The predicted octanol–water partition coefficient (Wildman–Crippen LogP) is 5.77. The van der Waals surface area contributed by atoms with E-state index < -0.39 is 0 Å². The average Bonchev–Trinajstić information content (AvgIpc) is 3.54. The first-order valence-electron chi connectivity index (χ1n) is 12.4. The summed E-state index contributed by atoms with van der Waals surface area (Å²) in [6, 6.07) is 21.0. The van der Waals surface area contributed by atoms with Gasteiger partial charge < -0.3 is 15.4 Å². The van der Waals surface area contributed by atoms with Crippen LogP contribution < -0.4 is 10.5 Å². The number of pyridine rings is 1. The van der Waals surface area contributed by atoms with Crippen molar-refractivity contribution in [3.05, 3.63) is 78.0 Å². The molecule has 0 unspecified atom stereocenters. The molecule has 5 rings (SSSR count). The number of rotatable bonds is 6. The Morgan fingerprint density at radius 2 is 1.92 bits per heavy atom. The van der Waals surface area contributed by atoms with Crippen LogP contribution in [0.25, 0.3) is 22.2 Å².